The number of hydrogen-bond donors (Lipinski definition) is 2. The highest BCUT2D eigenvalue weighted by molar-refractivity contribution is 7.80. The minimum atomic E-state index is -0.597. The van der Waals surface area contributed by atoms with Gasteiger partial charge in [-0.15, -0.1) is 0 Å². The molecule has 0 radical (unpaired) electrons. The Bertz CT molecular complexity index is 480. The fourth-order valence-corrected chi connectivity index (χ4v) is 1.56. The maximum Gasteiger partial charge on any atom is 0.413 e. The van der Waals surface area contributed by atoms with Crippen LogP contribution >= 0.6 is 12.2 Å². The SMILES string of the molecule is CCOC(=O)NC(=S)NN(C)c1nc(C)cnc1C. The minimum absolute atomic E-state index is 0.128. The molecule has 1 rings (SSSR count). The van der Waals surface area contributed by atoms with E-state index in [0.29, 0.717) is 5.82 Å². The topological polar surface area (TPSA) is 79.4 Å². The molecule has 1 amide bonds. The van der Waals surface area contributed by atoms with Crippen LogP contribution in [0, 0.1) is 13.8 Å². The van der Waals surface area contributed by atoms with Crippen molar-refractivity contribution in [2.75, 3.05) is 18.7 Å². The predicted octanol–water partition coefficient (Wildman–Crippen LogP) is 1.07. The van der Waals surface area contributed by atoms with Gasteiger partial charge in [0.15, 0.2) is 10.9 Å². The van der Waals surface area contributed by atoms with Gasteiger partial charge in [0.25, 0.3) is 0 Å². The minimum Gasteiger partial charge on any atom is -0.450 e. The Morgan fingerprint density at radius 3 is 2.84 bits per heavy atom. The summed E-state index contributed by atoms with van der Waals surface area (Å²) in [6, 6.07) is 0. The molecule has 0 fully saturated rings. The number of anilines is 1. The first kappa shape index (κ1) is 15.1. The maximum atomic E-state index is 11.2. The summed E-state index contributed by atoms with van der Waals surface area (Å²) in [5.74, 6) is 0.632. The third-order valence-electron chi connectivity index (χ3n) is 2.13. The van der Waals surface area contributed by atoms with E-state index in [2.05, 4.69) is 20.7 Å². The number of alkyl carbamates (subject to hydrolysis) is 1. The highest BCUT2D eigenvalue weighted by Crippen LogP contribution is 2.11. The van der Waals surface area contributed by atoms with Crippen molar-refractivity contribution in [1.82, 2.24) is 20.7 Å². The van der Waals surface area contributed by atoms with E-state index in [4.69, 9.17) is 17.0 Å². The molecule has 1 heterocycles. The van der Waals surface area contributed by atoms with Crippen LogP contribution in [0.1, 0.15) is 18.3 Å². The second-order valence-electron chi connectivity index (χ2n) is 3.77. The summed E-state index contributed by atoms with van der Waals surface area (Å²) < 4.78 is 4.72. The molecular weight excluding hydrogens is 266 g/mol. The molecule has 0 bridgehead atoms. The Kier molecular flexibility index (Phi) is 5.43. The molecule has 0 aliphatic rings. The van der Waals surface area contributed by atoms with E-state index in [-0.39, 0.29) is 11.7 Å². The summed E-state index contributed by atoms with van der Waals surface area (Å²) in [7, 11) is 1.73. The lowest BCUT2D eigenvalue weighted by Gasteiger charge is -2.22. The monoisotopic (exact) mass is 283 g/mol. The molecule has 19 heavy (non-hydrogen) atoms. The van der Waals surface area contributed by atoms with Gasteiger partial charge in [-0.1, -0.05) is 0 Å². The summed E-state index contributed by atoms with van der Waals surface area (Å²) in [6.07, 6.45) is 1.09. The third kappa shape index (κ3) is 4.66. The summed E-state index contributed by atoms with van der Waals surface area (Å²) in [4.78, 5) is 19.7. The number of aryl methyl sites for hydroxylation is 2. The number of rotatable bonds is 3. The summed E-state index contributed by atoms with van der Waals surface area (Å²) >= 11 is 4.98. The van der Waals surface area contributed by atoms with Crippen LogP contribution in [0.4, 0.5) is 10.6 Å². The number of ether oxygens (including phenoxy) is 1. The van der Waals surface area contributed by atoms with Crippen molar-refractivity contribution in [2.45, 2.75) is 20.8 Å². The molecule has 7 nitrogen and oxygen atoms in total. The number of amides is 1. The molecule has 0 unspecified atom stereocenters. The number of carbonyl (C=O) groups excluding carboxylic acids is 1. The lowest BCUT2D eigenvalue weighted by molar-refractivity contribution is 0.157. The van der Waals surface area contributed by atoms with E-state index in [0.717, 1.165) is 11.4 Å². The Morgan fingerprint density at radius 2 is 2.21 bits per heavy atom. The molecule has 0 atom stereocenters. The van der Waals surface area contributed by atoms with Gasteiger partial charge in [0.05, 0.1) is 18.0 Å². The van der Waals surface area contributed by atoms with Gasteiger partial charge < -0.3 is 4.74 Å². The average Bonchev–Trinajstić information content (AvgIpc) is 2.32. The van der Waals surface area contributed by atoms with Crippen molar-refractivity contribution in [3.8, 4) is 0 Å². The Labute approximate surface area is 117 Å². The van der Waals surface area contributed by atoms with Crippen molar-refractivity contribution >= 4 is 29.2 Å². The van der Waals surface area contributed by atoms with E-state index >= 15 is 0 Å². The lowest BCUT2D eigenvalue weighted by Crippen LogP contribution is -2.48. The third-order valence-corrected chi connectivity index (χ3v) is 2.32. The van der Waals surface area contributed by atoms with Crippen LogP contribution in [0.3, 0.4) is 0 Å². The van der Waals surface area contributed by atoms with Crippen molar-refractivity contribution in [1.29, 1.82) is 0 Å². The summed E-state index contributed by atoms with van der Waals surface area (Å²) in [5.41, 5.74) is 4.34. The zero-order chi connectivity index (χ0) is 14.4. The number of nitrogens with one attached hydrogen (secondary N) is 2. The molecule has 0 aliphatic carbocycles. The van der Waals surface area contributed by atoms with E-state index in [1.165, 1.54) is 0 Å². The van der Waals surface area contributed by atoms with E-state index in [1.807, 2.05) is 13.8 Å². The van der Waals surface area contributed by atoms with Gasteiger partial charge in [0.1, 0.15) is 0 Å². The van der Waals surface area contributed by atoms with Crippen molar-refractivity contribution in [2.24, 2.45) is 0 Å². The van der Waals surface area contributed by atoms with Crippen molar-refractivity contribution in [3.05, 3.63) is 17.6 Å². The fourth-order valence-electron chi connectivity index (χ4n) is 1.34. The molecule has 0 aromatic carbocycles. The number of aromatic nitrogens is 2. The summed E-state index contributed by atoms with van der Waals surface area (Å²) in [6.45, 7) is 5.68. The quantitative estimate of drug-likeness (QED) is 0.634. The van der Waals surface area contributed by atoms with Crippen LogP contribution in [0.2, 0.25) is 0 Å². The molecule has 2 N–H and O–H groups in total. The zero-order valence-corrected chi connectivity index (χ0v) is 12.2. The van der Waals surface area contributed by atoms with Gasteiger partial charge in [-0.2, -0.15) is 0 Å². The van der Waals surface area contributed by atoms with Crippen LogP contribution in [-0.4, -0.2) is 34.8 Å². The average molecular weight is 283 g/mol. The van der Waals surface area contributed by atoms with Crippen molar-refractivity contribution < 1.29 is 9.53 Å². The normalized spacial score (nSPS) is 9.68. The molecule has 0 spiro atoms. The fraction of sp³-hybridized carbons (Fsp3) is 0.455. The van der Waals surface area contributed by atoms with Crippen LogP contribution in [0.15, 0.2) is 6.20 Å². The van der Waals surface area contributed by atoms with Gasteiger partial charge in [-0.25, -0.2) is 9.78 Å². The maximum absolute atomic E-state index is 11.2. The second-order valence-corrected chi connectivity index (χ2v) is 4.17. The highest BCUT2D eigenvalue weighted by atomic mass is 32.1. The first-order valence-electron chi connectivity index (χ1n) is 5.72. The molecular formula is C11H17N5O2S. The van der Waals surface area contributed by atoms with Gasteiger partial charge in [-0.05, 0) is 33.0 Å². The number of thiocarbonyl (C=S) groups is 1. The van der Waals surface area contributed by atoms with Gasteiger partial charge in [0, 0.05) is 13.2 Å². The Hall–Kier alpha value is -1.96. The van der Waals surface area contributed by atoms with Gasteiger partial charge in [-0.3, -0.25) is 20.7 Å². The number of hydrogen-bond acceptors (Lipinski definition) is 6. The number of carbonyl (C=O) groups is 1. The van der Waals surface area contributed by atoms with Crippen LogP contribution in [0.25, 0.3) is 0 Å². The first-order chi connectivity index (χ1) is 8.93. The predicted molar refractivity (Wildman–Crippen MR) is 75.8 cm³/mol. The molecule has 0 aliphatic heterocycles. The van der Waals surface area contributed by atoms with Crippen LogP contribution < -0.4 is 15.8 Å². The first-order valence-corrected chi connectivity index (χ1v) is 6.13. The number of nitrogens with zero attached hydrogens (tertiary/aromatic N) is 3. The Balaban J connectivity index is 2.64. The zero-order valence-electron chi connectivity index (χ0n) is 11.4. The van der Waals surface area contributed by atoms with Gasteiger partial charge >= 0.3 is 6.09 Å². The van der Waals surface area contributed by atoms with E-state index in [1.54, 1.807) is 25.2 Å². The lowest BCUT2D eigenvalue weighted by atomic mass is 10.4. The summed E-state index contributed by atoms with van der Waals surface area (Å²) in [5, 5.41) is 4.10. The largest absolute Gasteiger partial charge is 0.450 e. The smallest absolute Gasteiger partial charge is 0.413 e. The highest BCUT2D eigenvalue weighted by Gasteiger charge is 2.11. The number of hydrazine groups is 1. The molecule has 104 valence electrons. The van der Waals surface area contributed by atoms with Gasteiger partial charge in [0.2, 0.25) is 0 Å². The second kappa shape index (κ2) is 6.83. The van der Waals surface area contributed by atoms with Crippen LogP contribution in [-0.2, 0) is 4.74 Å². The molecule has 0 saturated heterocycles. The van der Waals surface area contributed by atoms with E-state index < -0.39 is 6.09 Å². The van der Waals surface area contributed by atoms with Crippen LogP contribution in [0.5, 0.6) is 0 Å². The van der Waals surface area contributed by atoms with Crippen molar-refractivity contribution in [3.63, 3.8) is 0 Å². The molecule has 1 aromatic rings. The Morgan fingerprint density at radius 1 is 1.53 bits per heavy atom. The standard InChI is InChI=1S/C11H17N5O2S/c1-5-18-11(17)14-10(19)15-16(4)9-8(3)12-6-7(2)13-9/h6H,5H2,1-4H3,(H2,14,15,17,19). The molecule has 1 aromatic heterocycles. The molecule has 8 heteroatoms. The van der Waals surface area contributed by atoms with E-state index in [9.17, 15) is 4.79 Å². The molecule has 0 saturated carbocycles.